The van der Waals surface area contributed by atoms with E-state index in [2.05, 4.69) is 4.90 Å². The standard InChI is InChI=1S/C12H15ClN2O4/c13-12-5-10(15(17)18)2-1-9(12)6-14-3-4-19-11(7-14)8-16/h1-2,5,11,16H,3-4,6-8H2. The Labute approximate surface area is 115 Å². The minimum Gasteiger partial charge on any atom is -0.394 e. The van der Waals surface area contributed by atoms with Crippen LogP contribution < -0.4 is 0 Å². The van der Waals surface area contributed by atoms with Crippen LogP contribution in [-0.2, 0) is 11.3 Å². The highest BCUT2D eigenvalue weighted by atomic mass is 35.5. The Hall–Kier alpha value is -1.21. The summed E-state index contributed by atoms with van der Waals surface area (Å²) in [4.78, 5) is 12.3. The first kappa shape index (κ1) is 14.2. The minimum absolute atomic E-state index is 0.00943. The van der Waals surface area contributed by atoms with E-state index >= 15 is 0 Å². The summed E-state index contributed by atoms with van der Waals surface area (Å²) < 4.78 is 5.36. The number of nitro benzene ring substituents is 1. The van der Waals surface area contributed by atoms with Gasteiger partial charge in [0.05, 0.1) is 29.3 Å². The van der Waals surface area contributed by atoms with Gasteiger partial charge in [-0.05, 0) is 11.6 Å². The zero-order chi connectivity index (χ0) is 13.8. The van der Waals surface area contributed by atoms with Crippen LogP contribution in [0.25, 0.3) is 0 Å². The molecule has 1 aromatic rings. The third-order valence-electron chi connectivity index (χ3n) is 3.07. The lowest BCUT2D eigenvalue weighted by Gasteiger charge is -2.32. The molecule has 1 saturated heterocycles. The molecule has 0 aromatic heterocycles. The molecule has 0 spiro atoms. The number of aliphatic hydroxyl groups excluding tert-OH is 1. The zero-order valence-corrected chi connectivity index (χ0v) is 11.0. The molecule has 2 rings (SSSR count). The Morgan fingerprint density at radius 2 is 2.37 bits per heavy atom. The molecule has 0 radical (unpaired) electrons. The average Bonchev–Trinajstić information content (AvgIpc) is 2.41. The minimum atomic E-state index is -0.466. The van der Waals surface area contributed by atoms with Gasteiger partial charge in [0, 0.05) is 31.8 Å². The lowest BCUT2D eigenvalue weighted by Crippen LogP contribution is -2.43. The van der Waals surface area contributed by atoms with Crippen molar-refractivity contribution >= 4 is 17.3 Å². The van der Waals surface area contributed by atoms with Crippen LogP contribution >= 0.6 is 11.6 Å². The molecule has 0 amide bonds. The van der Waals surface area contributed by atoms with Gasteiger partial charge in [0.25, 0.3) is 5.69 Å². The highest BCUT2D eigenvalue weighted by Gasteiger charge is 2.20. The summed E-state index contributed by atoms with van der Waals surface area (Å²) in [5, 5.41) is 20.1. The first-order valence-corrected chi connectivity index (χ1v) is 6.35. The van der Waals surface area contributed by atoms with Gasteiger partial charge in [-0.3, -0.25) is 15.0 Å². The van der Waals surface area contributed by atoms with Crippen LogP contribution in [0.15, 0.2) is 18.2 Å². The normalized spacial score (nSPS) is 20.4. The number of halogens is 1. The molecule has 1 unspecified atom stereocenters. The quantitative estimate of drug-likeness (QED) is 0.669. The number of benzene rings is 1. The SMILES string of the molecule is O=[N+]([O-])c1ccc(CN2CCOC(CO)C2)c(Cl)c1. The van der Waals surface area contributed by atoms with Gasteiger partial charge in [-0.2, -0.15) is 0 Å². The summed E-state index contributed by atoms with van der Waals surface area (Å²) in [6.07, 6.45) is -0.175. The van der Waals surface area contributed by atoms with Crippen molar-refractivity contribution in [2.45, 2.75) is 12.6 Å². The summed E-state index contributed by atoms with van der Waals surface area (Å²) in [6, 6.07) is 4.48. The van der Waals surface area contributed by atoms with Gasteiger partial charge in [0.1, 0.15) is 0 Å². The van der Waals surface area contributed by atoms with Gasteiger partial charge in [-0.1, -0.05) is 11.6 Å². The highest BCUT2D eigenvalue weighted by molar-refractivity contribution is 6.31. The number of hydrogen-bond acceptors (Lipinski definition) is 5. The Bertz CT molecular complexity index is 469. The molecule has 0 saturated carbocycles. The lowest BCUT2D eigenvalue weighted by molar-refractivity contribution is -0.384. The topological polar surface area (TPSA) is 75.8 Å². The average molecular weight is 287 g/mol. The summed E-state index contributed by atoms with van der Waals surface area (Å²) in [5.74, 6) is 0. The number of aliphatic hydroxyl groups is 1. The molecular formula is C12H15ClN2O4. The van der Waals surface area contributed by atoms with E-state index in [1.54, 1.807) is 6.07 Å². The van der Waals surface area contributed by atoms with Crippen molar-refractivity contribution in [1.29, 1.82) is 0 Å². The fourth-order valence-corrected chi connectivity index (χ4v) is 2.29. The number of nitro groups is 1. The molecule has 1 N–H and O–H groups in total. The van der Waals surface area contributed by atoms with Crippen molar-refractivity contribution in [1.82, 2.24) is 4.90 Å². The molecule has 19 heavy (non-hydrogen) atoms. The Morgan fingerprint density at radius 3 is 3.00 bits per heavy atom. The molecule has 1 aliphatic rings. The highest BCUT2D eigenvalue weighted by Crippen LogP contribution is 2.24. The zero-order valence-electron chi connectivity index (χ0n) is 10.3. The molecule has 0 bridgehead atoms. The third-order valence-corrected chi connectivity index (χ3v) is 3.42. The van der Waals surface area contributed by atoms with Gasteiger partial charge in [-0.25, -0.2) is 0 Å². The summed E-state index contributed by atoms with van der Waals surface area (Å²) >= 11 is 6.05. The first-order chi connectivity index (χ1) is 9.10. The van der Waals surface area contributed by atoms with E-state index in [-0.39, 0.29) is 18.4 Å². The van der Waals surface area contributed by atoms with Crippen LogP contribution in [-0.4, -0.2) is 47.3 Å². The van der Waals surface area contributed by atoms with E-state index in [9.17, 15) is 10.1 Å². The molecule has 1 fully saturated rings. The maximum absolute atomic E-state index is 10.6. The molecular weight excluding hydrogens is 272 g/mol. The second kappa shape index (κ2) is 6.29. The number of non-ortho nitro benzene ring substituents is 1. The predicted octanol–water partition coefficient (Wildman–Crippen LogP) is 1.44. The monoisotopic (exact) mass is 286 g/mol. The van der Waals surface area contributed by atoms with Crippen LogP contribution in [0.3, 0.4) is 0 Å². The molecule has 6 nitrogen and oxygen atoms in total. The number of hydrogen-bond donors (Lipinski definition) is 1. The van der Waals surface area contributed by atoms with Crippen molar-refractivity contribution in [3.8, 4) is 0 Å². The van der Waals surface area contributed by atoms with Crippen molar-refractivity contribution in [3.05, 3.63) is 38.9 Å². The van der Waals surface area contributed by atoms with E-state index in [0.717, 1.165) is 12.1 Å². The second-order valence-corrected chi connectivity index (χ2v) is 4.85. The summed E-state index contributed by atoms with van der Waals surface area (Å²) in [5.41, 5.74) is 0.829. The Balaban J connectivity index is 2.04. The van der Waals surface area contributed by atoms with Crippen LogP contribution in [0.5, 0.6) is 0 Å². The maximum Gasteiger partial charge on any atom is 0.270 e. The van der Waals surface area contributed by atoms with E-state index in [4.69, 9.17) is 21.4 Å². The molecule has 1 aromatic carbocycles. The van der Waals surface area contributed by atoms with Crippen molar-refractivity contribution < 1.29 is 14.8 Å². The van der Waals surface area contributed by atoms with Gasteiger partial charge in [0.15, 0.2) is 0 Å². The number of rotatable bonds is 4. The van der Waals surface area contributed by atoms with Crippen molar-refractivity contribution in [2.75, 3.05) is 26.3 Å². The van der Waals surface area contributed by atoms with Crippen LogP contribution in [0.4, 0.5) is 5.69 Å². The van der Waals surface area contributed by atoms with E-state index in [1.807, 2.05) is 0 Å². The number of ether oxygens (including phenoxy) is 1. The molecule has 1 heterocycles. The van der Waals surface area contributed by atoms with Crippen LogP contribution in [0.2, 0.25) is 5.02 Å². The molecule has 1 aliphatic heterocycles. The molecule has 7 heteroatoms. The smallest absolute Gasteiger partial charge is 0.270 e. The largest absolute Gasteiger partial charge is 0.394 e. The van der Waals surface area contributed by atoms with E-state index in [0.29, 0.717) is 24.7 Å². The first-order valence-electron chi connectivity index (χ1n) is 5.98. The van der Waals surface area contributed by atoms with Crippen LogP contribution in [0.1, 0.15) is 5.56 Å². The van der Waals surface area contributed by atoms with E-state index < -0.39 is 4.92 Å². The van der Waals surface area contributed by atoms with Crippen molar-refractivity contribution in [2.24, 2.45) is 0 Å². The number of nitrogens with zero attached hydrogens (tertiary/aromatic N) is 2. The van der Waals surface area contributed by atoms with Crippen LogP contribution in [0, 0.1) is 10.1 Å². The Morgan fingerprint density at radius 1 is 1.58 bits per heavy atom. The summed E-state index contributed by atoms with van der Waals surface area (Å²) in [7, 11) is 0. The third kappa shape index (κ3) is 3.63. The molecule has 0 aliphatic carbocycles. The van der Waals surface area contributed by atoms with Gasteiger partial charge < -0.3 is 9.84 Å². The fourth-order valence-electron chi connectivity index (χ4n) is 2.05. The van der Waals surface area contributed by atoms with Crippen molar-refractivity contribution in [3.63, 3.8) is 0 Å². The molecule has 104 valence electrons. The lowest BCUT2D eigenvalue weighted by atomic mass is 10.1. The van der Waals surface area contributed by atoms with E-state index in [1.165, 1.54) is 12.1 Å². The summed E-state index contributed by atoms with van der Waals surface area (Å²) in [6.45, 7) is 2.53. The Kier molecular flexibility index (Phi) is 4.71. The fraction of sp³-hybridized carbons (Fsp3) is 0.500. The van der Waals surface area contributed by atoms with Gasteiger partial charge in [-0.15, -0.1) is 0 Å². The number of morpholine rings is 1. The van der Waals surface area contributed by atoms with Gasteiger partial charge in [0.2, 0.25) is 0 Å². The second-order valence-electron chi connectivity index (χ2n) is 4.44. The van der Waals surface area contributed by atoms with Gasteiger partial charge >= 0.3 is 0 Å². The molecule has 1 atom stereocenters. The predicted molar refractivity (Wildman–Crippen MR) is 70.2 cm³/mol. The maximum atomic E-state index is 10.6.